The first kappa shape index (κ1) is 43.1. The Labute approximate surface area is 307 Å². The van der Waals surface area contributed by atoms with Crippen molar-refractivity contribution in [1.29, 1.82) is 10.8 Å². The Morgan fingerprint density at radius 3 is 1.26 bits per heavy atom. The largest absolute Gasteiger partial charge is 0.748 e. The van der Waals surface area contributed by atoms with Crippen LogP contribution in [0.5, 0.6) is 0 Å². The van der Waals surface area contributed by atoms with Crippen molar-refractivity contribution in [2.45, 2.75) is 0 Å². The van der Waals surface area contributed by atoms with E-state index in [2.05, 4.69) is 0 Å². The second-order valence-corrected chi connectivity index (χ2v) is 13.3. The molecule has 0 fully saturated rings. The number of rotatable bonds is 11. The van der Waals surface area contributed by atoms with E-state index in [4.69, 9.17) is 34.0 Å². The predicted octanol–water partition coefficient (Wildman–Crippen LogP) is 0.575. The van der Waals surface area contributed by atoms with Crippen molar-refractivity contribution >= 4 is 68.1 Å². The van der Waals surface area contributed by atoms with Crippen molar-refractivity contribution in [3.63, 3.8) is 0 Å². The van der Waals surface area contributed by atoms with Crippen LogP contribution >= 0.6 is 0 Å². The third-order valence-corrected chi connectivity index (χ3v) is 8.07. The number of aromatic nitrogens is 2. The fraction of sp³-hybridized carbons (Fsp3) is 0.0667. The van der Waals surface area contributed by atoms with E-state index >= 15 is 0 Å². The van der Waals surface area contributed by atoms with Crippen LogP contribution in [0.1, 0.15) is 11.4 Å². The number of nitrogens with one attached hydrogen (secondary N) is 2. The van der Waals surface area contributed by atoms with Crippen molar-refractivity contribution in [2.75, 3.05) is 11.5 Å². The summed E-state index contributed by atoms with van der Waals surface area (Å²) in [6, 6.07) is 20.1. The van der Waals surface area contributed by atoms with Crippen LogP contribution in [0.3, 0.4) is 0 Å². The summed E-state index contributed by atoms with van der Waals surface area (Å²) in [4.78, 5) is 21.4. The Hall–Kier alpha value is -7.02. The molecule has 0 aliphatic heterocycles. The molecule has 0 aliphatic carbocycles. The summed E-state index contributed by atoms with van der Waals surface area (Å²) in [6.07, 6.45) is 12.9. The first-order valence-electron chi connectivity index (χ1n) is 14.7. The molecule has 2 heterocycles. The lowest BCUT2D eigenvalue weighted by Gasteiger charge is -2.08. The molecule has 4 aromatic rings. The zero-order valence-corrected chi connectivity index (χ0v) is 29.5. The van der Waals surface area contributed by atoms with Gasteiger partial charge in [0.05, 0.1) is 54.0 Å². The van der Waals surface area contributed by atoms with Crippen LogP contribution in [-0.2, 0) is 20.2 Å². The molecule has 0 saturated heterocycles. The van der Waals surface area contributed by atoms with Crippen LogP contribution in [0.2, 0.25) is 0 Å². The number of nitrogens with two attached hydrogens (primary N) is 4. The maximum Gasteiger partial charge on any atom is 0.403 e. The lowest BCUT2D eigenvalue weighted by Crippen LogP contribution is -2.33. The summed E-state index contributed by atoms with van der Waals surface area (Å²) in [5.74, 6) is 8.01. The van der Waals surface area contributed by atoms with Gasteiger partial charge >= 0.3 is 11.9 Å². The molecular formula is C30H34N12O10S2. The number of nitrogens with zero attached hydrogens (tertiary/aromatic N) is 6. The molecule has 0 radical (unpaired) electrons. The molecule has 0 atom stereocenters. The minimum Gasteiger partial charge on any atom is -0.748 e. The predicted molar refractivity (Wildman–Crippen MR) is 197 cm³/mol. The smallest absolute Gasteiger partial charge is 0.403 e. The van der Waals surface area contributed by atoms with Crippen LogP contribution < -0.4 is 23.2 Å². The molecule has 286 valence electrons. The van der Waals surface area contributed by atoms with Gasteiger partial charge in [-0.05, 0) is 60.7 Å². The highest BCUT2D eigenvalue weighted by Crippen LogP contribution is 2.25. The van der Waals surface area contributed by atoms with Gasteiger partial charge in [0, 0.05) is 35.9 Å². The minimum absolute atomic E-state index is 0.0153. The molecule has 54 heavy (non-hydrogen) atoms. The molecule has 4 rings (SSSR count). The lowest BCUT2D eigenvalue weighted by atomic mass is 10.2. The Bertz CT molecular complexity index is 2180. The van der Waals surface area contributed by atoms with E-state index in [1.165, 1.54) is 24.6 Å². The van der Waals surface area contributed by atoms with Crippen LogP contribution in [0.4, 0.5) is 11.4 Å². The highest BCUT2D eigenvalue weighted by molar-refractivity contribution is 7.89. The fourth-order valence-corrected chi connectivity index (χ4v) is 5.61. The Balaban J connectivity index is 0.000000301. The highest BCUT2D eigenvalue weighted by Gasteiger charge is 2.16. The van der Waals surface area contributed by atoms with Gasteiger partial charge in [0.25, 0.3) is 11.4 Å². The van der Waals surface area contributed by atoms with Crippen molar-refractivity contribution < 1.29 is 45.2 Å². The van der Waals surface area contributed by atoms with Crippen molar-refractivity contribution in [1.82, 2.24) is 9.13 Å². The number of hydrogen-bond acceptors (Lipinski definition) is 14. The summed E-state index contributed by atoms with van der Waals surface area (Å²) in [6.45, 7) is 0. The number of nitro groups is 2. The topological polar surface area (TPSA) is 368 Å². The highest BCUT2D eigenvalue weighted by atomic mass is 32.2. The summed E-state index contributed by atoms with van der Waals surface area (Å²) in [7, 11) is -9.17. The number of nitro benzene ring substituents is 2. The number of hydrogen-bond donors (Lipinski definition) is 6. The molecule has 0 spiro atoms. The summed E-state index contributed by atoms with van der Waals surface area (Å²) < 4.78 is 63.6. The van der Waals surface area contributed by atoms with E-state index in [0.29, 0.717) is 11.4 Å². The number of allylic oxidation sites excluding steroid dienone is 2. The first-order chi connectivity index (χ1) is 25.2. The summed E-state index contributed by atoms with van der Waals surface area (Å²) >= 11 is 0. The molecule has 0 unspecified atom stereocenters. The standard InChI is InChI=1S/2C14H15N6O2.C2H6O6S2/c2*15-14(16)19(17)10-4-6-11-5-3-9-18(11)12-7-1-2-8-13(12)20(21)22;3-9(4,5)1-2-10(6,7)8/h2*1-10H,17H2,(H3,15,16);1-2H2,(H,3,4,5)(H,6,7,8)/q2*+1;/p-2. The Morgan fingerprint density at radius 1 is 0.630 bits per heavy atom. The third-order valence-electron chi connectivity index (χ3n) is 6.40. The normalized spacial score (nSPS) is 12.0. The van der Waals surface area contributed by atoms with Gasteiger partial charge in [0.1, 0.15) is 11.4 Å². The third kappa shape index (κ3) is 14.3. The van der Waals surface area contributed by atoms with Crippen molar-refractivity contribution in [2.24, 2.45) is 23.2 Å². The lowest BCUT2D eigenvalue weighted by molar-refractivity contribution is -0.417. The SMILES string of the molecule is N=C(N)[N+](N)=CC=Cc1cccn1-c1ccccc1[N+](=O)[O-].N=C(N)[N+](N)=CC=Cc1cccn1-c1ccccc1[N+](=O)[O-].O=S(=O)([O-])CCS(=O)(=O)[O-]. The van der Waals surface area contributed by atoms with Gasteiger partial charge in [-0.2, -0.15) is 0 Å². The molecule has 0 saturated carbocycles. The molecule has 2 aromatic carbocycles. The van der Waals surface area contributed by atoms with E-state index in [0.717, 1.165) is 20.8 Å². The zero-order valence-electron chi connectivity index (χ0n) is 27.9. The van der Waals surface area contributed by atoms with E-state index in [9.17, 15) is 46.2 Å². The monoisotopic (exact) mass is 786 g/mol. The number of benzene rings is 2. The molecule has 0 bridgehead atoms. The number of guanidine groups is 2. The Kier molecular flexibility index (Phi) is 15.6. The molecular weight excluding hydrogens is 753 g/mol. The van der Waals surface area contributed by atoms with Gasteiger partial charge in [-0.3, -0.25) is 43.4 Å². The maximum atomic E-state index is 11.1. The maximum absolute atomic E-state index is 11.1. The van der Waals surface area contributed by atoms with E-state index < -0.39 is 41.6 Å². The molecule has 24 heteroatoms. The van der Waals surface area contributed by atoms with Gasteiger partial charge in [-0.15, -0.1) is 20.2 Å². The zero-order chi connectivity index (χ0) is 40.6. The van der Waals surface area contributed by atoms with Crippen molar-refractivity contribution in [3.05, 3.63) is 129 Å². The van der Waals surface area contributed by atoms with Crippen LogP contribution in [0.25, 0.3) is 23.5 Å². The fourth-order valence-electron chi connectivity index (χ4n) is 3.98. The van der Waals surface area contributed by atoms with Crippen LogP contribution in [0, 0.1) is 31.0 Å². The molecule has 0 amide bonds. The second-order valence-electron chi connectivity index (χ2n) is 10.2. The van der Waals surface area contributed by atoms with Crippen molar-refractivity contribution in [3.8, 4) is 11.4 Å². The van der Waals surface area contributed by atoms with Crippen LogP contribution in [-0.4, -0.2) is 90.1 Å². The second kappa shape index (κ2) is 19.6. The van der Waals surface area contributed by atoms with E-state index in [-0.39, 0.29) is 23.3 Å². The van der Waals surface area contributed by atoms with E-state index in [1.54, 1.807) is 106 Å². The summed E-state index contributed by atoms with van der Waals surface area (Å²) in [5.41, 5.74) is 12.8. The number of para-hydroxylation sites is 4. The minimum atomic E-state index is -4.59. The van der Waals surface area contributed by atoms with Gasteiger partial charge < -0.3 is 18.2 Å². The summed E-state index contributed by atoms with van der Waals surface area (Å²) in [5, 5.41) is 36.5. The molecule has 2 aromatic heterocycles. The number of hydrazone groups is 2. The quantitative estimate of drug-likeness (QED) is 0.0230. The van der Waals surface area contributed by atoms with Gasteiger partial charge in [0.2, 0.25) is 0 Å². The molecule has 10 N–H and O–H groups in total. The molecule has 0 aliphatic rings. The van der Waals surface area contributed by atoms with Gasteiger partial charge in [0.15, 0.2) is 0 Å². The first-order valence-corrected chi connectivity index (χ1v) is 17.9. The van der Waals surface area contributed by atoms with Gasteiger partial charge in [-0.25, -0.2) is 16.8 Å². The average Bonchev–Trinajstić information content (AvgIpc) is 3.77. The van der Waals surface area contributed by atoms with E-state index in [1.807, 2.05) is 0 Å². The van der Waals surface area contributed by atoms with Gasteiger partial charge in [-0.1, -0.05) is 24.3 Å². The van der Waals surface area contributed by atoms with Crippen LogP contribution in [0.15, 0.2) is 97.3 Å². The average molecular weight is 787 g/mol. The Morgan fingerprint density at radius 2 is 0.963 bits per heavy atom. The molecule has 22 nitrogen and oxygen atoms in total. The number of hydrazine groups is 2.